The molecule has 2 unspecified atom stereocenters. The van der Waals surface area contributed by atoms with Crippen molar-refractivity contribution in [3.05, 3.63) is 0 Å². The number of nitrogens with one attached hydrogen (secondary N) is 2. The smallest absolute Gasteiger partial charge is 0.237 e. The first-order valence-electron chi connectivity index (χ1n) is 7.91. The Hall–Kier alpha value is -0.220. The van der Waals surface area contributed by atoms with Crippen LogP contribution in [-0.2, 0) is 4.79 Å². The number of hydrogen-bond donors (Lipinski definition) is 2. The molecule has 1 aliphatic heterocycles. The van der Waals surface area contributed by atoms with Crippen molar-refractivity contribution in [2.45, 2.75) is 75.6 Å². The average Bonchev–Trinajstić information content (AvgIpc) is 2.47. The molecule has 1 saturated carbocycles. The van der Waals surface area contributed by atoms with Crippen LogP contribution in [0.4, 0.5) is 0 Å². The normalized spacial score (nSPS) is 26.9. The van der Waals surface area contributed by atoms with Gasteiger partial charge in [-0.25, -0.2) is 0 Å². The van der Waals surface area contributed by atoms with Crippen molar-refractivity contribution in [2.75, 3.05) is 12.3 Å². The summed E-state index contributed by atoms with van der Waals surface area (Å²) < 4.78 is 0. The van der Waals surface area contributed by atoms with Gasteiger partial charge < -0.3 is 10.6 Å². The lowest BCUT2D eigenvalue weighted by atomic mass is 9.95. The van der Waals surface area contributed by atoms with Gasteiger partial charge in [-0.3, -0.25) is 4.79 Å². The lowest BCUT2D eigenvalue weighted by Gasteiger charge is -2.26. The van der Waals surface area contributed by atoms with Crippen LogP contribution in [0.2, 0.25) is 0 Å². The first-order chi connectivity index (χ1) is 9.25. The molecule has 1 aliphatic carbocycles. The van der Waals surface area contributed by atoms with E-state index in [2.05, 4.69) is 22.4 Å². The Labute approximate surface area is 121 Å². The van der Waals surface area contributed by atoms with Gasteiger partial charge in [0.2, 0.25) is 5.91 Å². The van der Waals surface area contributed by atoms with E-state index in [4.69, 9.17) is 0 Å². The Balaban J connectivity index is 1.63. The van der Waals surface area contributed by atoms with Crippen LogP contribution in [0.3, 0.4) is 0 Å². The summed E-state index contributed by atoms with van der Waals surface area (Å²) in [6, 6.07) is 0.374. The third-order valence-corrected chi connectivity index (χ3v) is 5.67. The maximum atomic E-state index is 12.1. The zero-order chi connectivity index (χ0) is 13.5. The summed E-state index contributed by atoms with van der Waals surface area (Å²) in [6.45, 7) is 2.97. The fourth-order valence-electron chi connectivity index (χ4n) is 2.94. The highest BCUT2D eigenvalue weighted by molar-refractivity contribution is 7.99. The van der Waals surface area contributed by atoms with Crippen LogP contribution in [0.5, 0.6) is 0 Å². The predicted octanol–water partition coefficient (Wildman–Crippen LogP) is 2.70. The molecule has 0 spiro atoms. The molecule has 0 aromatic rings. The summed E-state index contributed by atoms with van der Waals surface area (Å²) >= 11 is 2.06. The molecule has 3 nitrogen and oxygen atoms in total. The zero-order valence-electron chi connectivity index (χ0n) is 12.1. The van der Waals surface area contributed by atoms with Crippen LogP contribution in [-0.4, -0.2) is 35.5 Å². The molecule has 1 saturated heterocycles. The van der Waals surface area contributed by atoms with Gasteiger partial charge >= 0.3 is 0 Å². The molecule has 2 N–H and O–H groups in total. The molecular weight excluding hydrogens is 256 g/mol. The van der Waals surface area contributed by atoms with Gasteiger partial charge in [0.1, 0.15) is 0 Å². The minimum absolute atomic E-state index is 0.0514. The van der Waals surface area contributed by atoms with E-state index in [1.807, 2.05) is 6.92 Å². The van der Waals surface area contributed by atoms with Crippen molar-refractivity contribution in [1.82, 2.24) is 10.6 Å². The topological polar surface area (TPSA) is 41.1 Å². The largest absolute Gasteiger partial charge is 0.352 e. The Morgan fingerprint density at radius 1 is 1.16 bits per heavy atom. The third-order valence-electron chi connectivity index (χ3n) is 4.27. The van der Waals surface area contributed by atoms with E-state index in [0.29, 0.717) is 11.3 Å². The number of rotatable bonds is 5. The second kappa shape index (κ2) is 8.15. The van der Waals surface area contributed by atoms with Crippen LogP contribution in [0.25, 0.3) is 0 Å². The molecule has 0 radical (unpaired) electrons. The molecule has 0 bridgehead atoms. The molecular formula is C15H28N2OS. The van der Waals surface area contributed by atoms with Crippen LogP contribution in [0.15, 0.2) is 0 Å². The van der Waals surface area contributed by atoms with Crippen LogP contribution in [0, 0.1) is 0 Å². The lowest BCUT2D eigenvalue weighted by Crippen LogP contribution is -2.48. The number of carbonyl (C=O) groups excluding carboxylic acids is 1. The Bertz CT molecular complexity index is 273. The maximum Gasteiger partial charge on any atom is 0.237 e. The van der Waals surface area contributed by atoms with Crippen molar-refractivity contribution in [2.24, 2.45) is 0 Å². The SMILES string of the molecule is CC(NCC1CCCCS1)C(=O)NC1CCCCC1. The van der Waals surface area contributed by atoms with Crippen molar-refractivity contribution >= 4 is 17.7 Å². The minimum atomic E-state index is -0.0514. The minimum Gasteiger partial charge on any atom is -0.352 e. The molecule has 0 aromatic heterocycles. The molecule has 2 fully saturated rings. The van der Waals surface area contributed by atoms with Crippen molar-refractivity contribution in [1.29, 1.82) is 0 Å². The molecule has 1 heterocycles. The fourth-order valence-corrected chi connectivity index (χ4v) is 4.19. The quantitative estimate of drug-likeness (QED) is 0.815. The highest BCUT2D eigenvalue weighted by Gasteiger charge is 2.21. The van der Waals surface area contributed by atoms with E-state index >= 15 is 0 Å². The Kier molecular flexibility index (Phi) is 6.51. The van der Waals surface area contributed by atoms with E-state index in [9.17, 15) is 4.79 Å². The first kappa shape index (κ1) is 15.2. The van der Waals surface area contributed by atoms with Crippen LogP contribution in [0.1, 0.15) is 58.3 Å². The van der Waals surface area contributed by atoms with Gasteiger partial charge in [0.15, 0.2) is 0 Å². The number of thioether (sulfide) groups is 1. The Morgan fingerprint density at radius 3 is 2.58 bits per heavy atom. The standard InChI is InChI=1S/C15H28N2OS/c1-12(16-11-14-9-5-6-10-19-14)15(18)17-13-7-3-2-4-8-13/h12-14,16H,2-11H2,1H3,(H,17,18). The molecule has 110 valence electrons. The summed E-state index contributed by atoms with van der Waals surface area (Å²) in [4.78, 5) is 12.1. The van der Waals surface area contributed by atoms with Gasteiger partial charge in [-0.1, -0.05) is 25.7 Å². The Morgan fingerprint density at radius 2 is 1.89 bits per heavy atom. The van der Waals surface area contributed by atoms with Crippen molar-refractivity contribution < 1.29 is 4.79 Å². The summed E-state index contributed by atoms with van der Waals surface area (Å²) in [5, 5.41) is 7.31. The molecule has 1 amide bonds. The van der Waals surface area contributed by atoms with Crippen LogP contribution < -0.4 is 10.6 Å². The molecule has 19 heavy (non-hydrogen) atoms. The van der Waals surface area contributed by atoms with Crippen molar-refractivity contribution in [3.63, 3.8) is 0 Å². The summed E-state index contributed by atoms with van der Waals surface area (Å²) in [6.07, 6.45) is 10.2. The van der Waals surface area contributed by atoms with Gasteiger partial charge in [0.05, 0.1) is 6.04 Å². The van der Waals surface area contributed by atoms with Gasteiger partial charge in [-0.05, 0) is 38.4 Å². The second-order valence-electron chi connectivity index (χ2n) is 5.96. The number of amides is 1. The van der Waals surface area contributed by atoms with Gasteiger partial charge in [0.25, 0.3) is 0 Å². The highest BCUT2D eigenvalue weighted by atomic mass is 32.2. The molecule has 2 aliphatic rings. The van der Waals surface area contributed by atoms with E-state index in [1.165, 1.54) is 44.3 Å². The maximum absolute atomic E-state index is 12.1. The van der Waals surface area contributed by atoms with Gasteiger partial charge in [-0.2, -0.15) is 11.8 Å². The number of hydrogen-bond acceptors (Lipinski definition) is 3. The second-order valence-corrected chi connectivity index (χ2v) is 7.37. The zero-order valence-corrected chi connectivity index (χ0v) is 12.9. The molecule has 0 aromatic carbocycles. The monoisotopic (exact) mass is 284 g/mol. The number of carbonyl (C=O) groups is 1. The van der Waals surface area contributed by atoms with Crippen LogP contribution >= 0.6 is 11.8 Å². The van der Waals surface area contributed by atoms with Gasteiger partial charge in [0, 0.05) is 17.8 Å². The fraction of sp³-hybridized carbons (Fsp3) is 0.933. The predicted molar refractivity (Wildman–Crippen MR) is 82.6 cm³/mol. The molecule has 4 heteroatoms. The summed E-state index contributed by atoms with van der Waals surface area (Å²) in [5.41, 5.74) is 0. The third kappa shape index (κ3) is 5.35. The highest BCUT2D eigenvalue weighted by Crippen LogP contribution is 2.24. The lowest BCUT2D eigenvalue weighted by molar-refractivity contribution is -0.123. The summed E-state index contributed by atoms with van der Waals surface area (Å²) in [7, 11) is 0. The average molecular weight is 284 g/mol. The van der Waals surface area contributed by atoms with E-state index in [1.54, 1.807) is 0 Å². The first-order valence-corrected chi connectivity index (χ1v) is 8.96. The van der Waals surface area contributed by atoms with E-state index < -0.39 is 0 Å². The van der Waals surface area contributed by atoms with E-state index in [-0.39, 0.29) is 11.9 Å². The van der Waals surface area contributed by atoms with Crippen molar-refractivity contribution in [3.8, 4) is 0 Å². The van der Waals surface area contributed by atoms with Gasteiger partial charge in [-0.15, -0.1) is 0 Å². The molecule has 2 rings (SSSR count). The summed E-state index contributed by atoms with van der Waals surface area (Å²) in [5.74, 6) is 1.47. The molecule has 2 atom stereocenters. The van der Waals surface area contributed by atoms with E-state index in [0.717, 1.165) is 19.4 Å².